The number of ketones is 1. The van der Waals surface area contributed by atoms with Crippen LogP contribution in [0.3, 0.4) is 0 Å². The Hall–Kier alpha value is -5.23. The zero-order chi connectivity index (χ0) is 23.5. The molecule has 2 aromatic heterocycles. The van der Waals surface area contributed by atoms with E-state index in [-0.39, 0.29) is 40.2 Å². The first-order chi connectivity index (χ1) is 16.7. The van der Waals surface area contributed by atoms with Crippen molar-refractivity contribution in [3.8, 4) is 11.7 Å². The highest BCUT2D eigenvalue weighted by atomic mass is 16.3. The van der Waals surface area contributed by atoms with Gasteiger partial charge in [0.25, 0.3) is 11.6 Å². The van der Waals surface area contributed by atoms with Crippen LogP contribution in [-0.2, 0) is 0 Å². The van der Waals surface area contributed by atoms with Crippen molar-refractivity contribution >= 4 is 33.7 Å². The Kier molecular flexibility index (Phi) is 5.30. The molecule has 5 aromatic rings. The molecule has 162 valence electrons. The normalized spacial score (nSPS) is 11.0. The molecule has 0 aliphatic rings. The van der Waals surface area contributed by atoms with Crippen LogP contribution >= 0.6 is 0 Å². The standard InChI is InChI=1S/C25H15N7O2/c1-26-20-15-29-32(25-27-12-7-13-28-25)24(20)31-30-21-18-11-6-5-10-17(18)14-19(23(21)34)22(33)16-8-3-2-4-9-16/h2-15,34H. The second-order valence-electron chi connectivity index (χ2n) is 7.16. The van der Waals surface area contributed by atoms with Crippen molar-refractivity contribution in [3.05, 3.63) is 108 Å². The lowest BCUT2D eigenvalue weighted by molar-refractivity contribution is 0.103. The third-order valence-corrected chi connectivity index (χ3v) is 5.11. The SMILES string of the molecule is [C-]#[N+]c1cnn(-c2ncccn2)c1N=Nc1c(O)c(C(=O)c2ccccc2)cc2ccccc12. The number of carbonyl (C=O) groups excluding carboxylic acids is 1. The first-order valence-corrected chi connectivity index (χ1v) is 10.2. The van der Waals surface area contributed by atoms with Crippen LogP contribution in [0.1, 0.15) is 15.9 Å². The molecule has 1 N–H and O–H groups in total. The number of carbonyl (C=O) groups is 1. The van der Waals surface area contributed by atoms with E-state index in [0.29, 0.717) is 16.3 Å². The molecule has 9 heteroatoms. The molecule has 0 spiro atoms. The number of phenolic OH excluding ortho intramolecular Hbond substituents is 1. The van der Waals surface area contributed by atoms with Gasteiger partial charge in [-0.3, -0.25) is 4.79 Å². The lowest BCUT2D eigenvalue weighted by atomic mass is 9.97. The molecule has 0 aliphatic heterocycles. The van der Waals surface area contributed by atoms with Crippen LogP contribution in [0.15, 0.2) is 95.5 Å². The highest BCUT2D eigenvalue weighted by molar-refractivity contribution is 6.15. The van der Waals surface area contributed by atoms with Crippen molar-refractivity contribution in [2.45, 2.75) is 0 Å². The molecule has 9 nitrogen and oxygen atoms in total. The number of rotatable bonds is 5. The molecule has 0 saturated heterocycles. The van der Waals surface area contributed by atoms with Crippen LogP contribution in [0.4, 0.5) is 17.2 Å². The van der Waals surface area contributed by atoms with Crippen LogP contribution in [0, 0.1) is 6.57 Å². The van der Waals surface area contributed by atoms with Crippen LogP contribution in [-0.4, -0.2) is 30.6 Å². The van der Waals surface area contributed by atoms with E-state index in [1.807, 2.05) is 18.2 Å². The Bertz CT molecular complexity index is 1590. The first-order valence-electron chi connectivity index (χ1n) is 10.2. The minimum absolute atomic E-state index is 0.101. The van der Waals surface area contributed by atoms with Crippen molar-refractivity contribution in [1.82, 2.24) is 19.7 Å². The molecule has 0 amide bonds. The van der Waals surface area contributed by atoms with Crippen molar-refractivity contribution < 1.29 is 9.90 Å². The molecule has 2 heterocycles. The van der Waals surface area contributed by atoms with E-state index < -0.39 is 0 Å². The predicted molar refractivity (Wildman–Crippen MR) is 125 cm³/mol. The van der Waals surface area contributed by atoms with Gasteiger partial charge in [0.05, 0.1) is 18.3 Å². The van der Waals surface area contributed by atoms with Crippen molar-refractivity contribution in [1.29, 1.82) is 0 Å². The molecule has 0 unspecified atom stereocenters. The lowest BCUT2D eigenvalue weighted by Gasteiger charge is -2.10. The topological polar surface area (TPSA) is 110 Å². The summed E-state index contributed by atoms with van der Waals surface area (Å²) in [6.45, 7) is 7.44. The van der Waals surface area contributed by atoms with E-state index in [4.69, 9.17) is 6.57 Å². The minimum atomic E-state index is -0.343. The van der Waals surface area contributed by atoms with Gasteiger partial charge in [0.1, 0.15) is 5.69 Å². The Morgan fingerprint density at radius 1 is 0.971 bits per heavy atom. The highest BCUT2D eigenvalue weighted by Gasteiger charge is 2.20. The number of hydrogen-bond donors (Lipinski definition) is 1. The summed E-state index contributed by atoms with van der Waals surface area (Å²) in [6, 6.07) is 19.2. The Morgan fingerprint density at radius 3 is 2.47 bits per heavy atom. The summed E-state index contributed by atoms with van der Waals surface area (Å²) in [5.41, 5.74) is 0.779. The monoisotopic (exact) mass is 445 g/mol. The van der Waals surface area contributed by atoms with E-state index in [1.54, 1.807) is 60.9 Å². The summed E-state index contributed by atoms with van der Waals surface area (Å²) in [5.74, 6) is -0.328. The maximum absolute atomic E-state index is 13.1. The van der Waals surface area contributed by atoms with Gasteiger partial charge in [0.15, 0.2) is 17.4 Å². The van der Waals surface area contributed by atoms with E-state index >= 15 is 0 Å². The van der Waals surface area contributed by atoms with Gasteiger partial charge in [0, 0.05) is 23.3 Å². The van der Waals surface area contributed by atoms with E-state index in [1.165, 1.54) is 10.9 Å². The van der Waals surface area contributed by atoms with Crippen LogP contribution in [0.25, 0.3) is 21.6 Å². The van der Waals surface area contributed by atoms with E-state index in [9.17, 15) is 9.90 Å². The smallest absolute Gasteiger partial charge is 0.252 e. The number of aromatic nitrogens is 4. The average Bonchev–Trinajstić information content (AvgIpc) is 3.31. The molecule has 0 saturated carbocycles. The van der Waals surface area contributed by atoms with Gasteiger partial charge < -0.3 is 5.11 Å². The predicted octanol–water partition coefficient (Wildman–Crippen LogP) is 5.72. The minimum Gasteiger partial charge on any atom is -0.505 e. The van der Waals surface area contributed by atoms with Gasteiger partial charge in [0.2, 0.25) is 0 Å². The number of hydrogen-bond acceptors (Lipinski definition) is 7. The molecule has 0 bridgehead atoms. The fourth-order valence-electron chi connectivity index (χ4n) is 3.49. The number of phenols is 1. The quantitative estimate of drug-likeness (QED) is 0.211. The van der Waals surface area contributed by atoms with Crippen LogP contribution < -0.4 is 0 Å². The molecular weight excluding hydrogens is 430 g/mol. The third-order valence-electron chi connectivity index (χ3n) is 5.11. The summed E-state index contributed by atoms with van der Waals surface area (Å²) < 4.78 is 1.29. The largest absolute Gasteiger partial charge is 0.505 e. The fraction of sp³-hybridized carbons (Fsp3) is 0. The Morgan fingerprint density at radius 2 is 1.71 bits per heavy atom. The number of fused-ring (bicyclic) bond motifs is 1. The number of benzene rings is 3. The Labute approximate surface area is 193 Å². The van der Waals surface area contributed by atoms with Crippen molar-refractivity contribution in [2.24, 2.45) is 10.2 Å². The number of aromatic hydroxyl groups is 1. The van der Waals surface area contributed by atoms with Gasteiger partial charge >= 0.3 is 0 Å². The van der Waals surface area contributed by atoms with Gasteiger partial charge in [-0.2, -0.15) is 9.78 Å². The first kappa shape index (κ1) is 20.7. The highest BCUT2D eigenvalue weighted by Crippen LogP contribution is 2.41. The van der Waals surface area contributed by atoms with Gasteiger partial charge in [-0.1, -0.05) is 54.6 Å². The second kappa shape index (κ2) is 8.72. The van der Waals surface area contributed by atoms with Crippen LogP contribution in [0.2, 0.25) is 0 Å². The number of nitrogens with zero attached hydrogens (tertiary/aromatic N) is 7. The second-order valence-corrected chi connectivity index (χ2v) is 7.16. The van der Waals surface area contributed by atoms with Gasteiger partial charge in [-0.25, -0.2) is 14.8 Å². The van der Waals surface area contributed by atoms with Crippen molar-refractivity contribution in [2.75, 3.05) is 0 Å². The average molecular weight is 445 g/mol. The summed E-state index contributed by atoms with van der Waals surface area (Å²) in [7, 11) is 0. The molecule has 0 aliphatic carbocycles. The summed E-state index contributed by atoms with van der Waals surface area (Å²) in [6.07, 6.45) is 4.42. The van der Waals surface area contributed by atoms with E-state index in [2.05, 4.69) is 30.1 Å². The summed E-state index contributed by atoms with van der Waals surface area (Å²) >= 11 is 0. The lowest BCUT2D eigenvalue weighted by Crippen LogP contribution is -2.02. The molecular formula is C25H15N7O2. The third kappa shape index (κ3) is 3.65. The molecule has 3 aromatic carbocycles. The molecule has 0 radical (unpaired) electrons. The summed E-state index contributed by atoms with van der Waals surface area (Å²) in [4.78, 5) is 24.9. The van der Waals surface area contributed by atoms with E-state index in [0.717, 1.165) is 0 Å². The maximum atomic E-state index is 13.1. The van der Waals surface area contributed by atoms with Crippen molar-refractivity contribution in [3.63, 3.8) is 0 Å². The maximum Gasteiger partial charge on any atom is 0.252 e. The molecule has 0 fully saturated rings. The fourth-order valence-corrected chi connectivity index (χ4v) is 3.49. The van der Waals surface area contributed by atoms with Gasteiger partial charge in [-0.05, 0) is 17.5 Å². The van der Waals surface area contributed by atoms with Crippen LogP contribution in [0.5, 0.6) is 5.75 Å². The molecule has 0 atom stereocenters. The zero-order valence-electron chi connectivity index (χ0n) is 17.6. The summed E-state index contributed by atoms with van der Waals surface area (Å²) in [5, 5.41) is 25.0. The van der Waals surface area contributed by atoms with Gasteiger partial charge in [-0.15, -0.1) is 10.2 Å². The molecule has 34 heavy (non-hydrogen) atoms. The zero-order valence-corrected chi connectivity index (χ0v) is 17.6. The number of azo groups is 1. The Balaban J connectivity index is 1.67. The molecule has 5 rings (SSSR count).